The molecule has 1 N–H and O–H groups in total. The van der Waals surface area contributed by atoms with Gasteiger partial charge in [-0.2, -0.15) is 0 Å². The van der Waals surface area contributed by atoms with Crippen molar-refractivity contribution in [1.29, 1.82) is 0 Å². The molecule has 0 aliphatic carbocycles. The third kappa shape index (κ3) is 9.67. The molecule has 0 aromatic heterocycles. The van der Waals surface area contributed by atoms with Gasteiger partial charge in [-0.15, -0.1) is 0 Å². The fourth-order valence-electron chi connectivity index (χ4n) is 0.938. The van der Waals surface area contributed by atoms with Crippen molar-refractivity contribution in [3.05, 3.63) is 0 Å². The van der Waals surface area contributed by atoms with Crippen LogP contribution in [-0.2, 0) is 14.6 Å². The van der Waals surface area contributed by atoms with Gasteiger partial charge >= 0.3 is 0 Å². The summed E-state index contributed by atoms with van der Waals surface area (Å²) in [5, 5.41) is 2.99. The van der Waals surface area contributed by atoms with Crippen molar-refractivity contribution in [1.82, 2.24) is 5.32 Å². The van der Waals surface area contributed by atoms with Crippen LogP contribution in [0.2, 0.25) is 0 Å². The molecule has 0 heterocycles. The van der Waals surface area contributed by atoms with Gasteiger partial charge in [0.15, 0.2) is 0 Å². The maximum Gasteiger partial charge on any atom is 0.147 e. The lowest BCUT2D eigenvalue weighted by Crippen LogP contribution is -2.29. The number of nitrogens with one attached hydrogen (secondary N) is 1. The Morgan fingerprint density at radius 1 is 1.36 bits per heavy atom. The van der Waals surface area contributed by atoms with Crippen molar-refractivity contribution in [2.24, 2.45) is 0 Å². The average Bonchev–Trinajstić information content (AvgIpc) is 1.98. The maximum atomic E-state index is 11.2. The molecule has 4 nitrogen and oxygen atoms in total. The first-order valence-electron chi connectivity index (χ1n) is 4.74. The minimum absolute atomic E-state index is 0.0716. The molecule has 0 bridgehead atoms. The lowest BCUT2D eigenvalue weighted by molar-refractivity contribution is -0.118. The van der Waals surface area contributed by atoms with Crippen molar-refractivity contribution in [2.45, 2.75) is 32.7 Å². The molecule has 0 unspecified atom stereocenters. The van der Waals surface area contributed by atoms with Crippen LogP contribution >= 0.6 is 0 Å². The predicted octanol–water partition coefficient (Wildman–Crippen LogP) is 0.378. The summed E-state index contributed by atoms with van der Waals surface area (Å²) in [7, 11) is -2.92. The molecule has 84 valence electrons. The number of sulfone groups is 1. The van der Waals surface area contributed by atoms with Crippen molar-refractivity contribution < 1.29 is 13.2 Å². The van der Waals surface area contributed by atoms with Crippen molar-refractivity contribution in [3.8, 4) is 0 Å². The van der Waals surface area contributed by atoms with Crippen molar-refractivity contribution in [3.63, 3.8) is 0 Å². The Bertz CT molecular complexity index is 270. The summed E-state index contributed by atoms with van der Waals surface area (Å²) in [4.78, 5) is 11.2. The van der Waals surface area contributed by atoms with E-state index in [0.717, 1.165) is 0 Å². The standard InChI is InChI=1S/C9H19NO3S/c1-8(2)10-7-9(11)5-4-6-14(3,12)13/h8,10H,4-7H2,1-3H3. The number of hydrogen-bond acceptors (Lipinski definition) is 4. The second-order valence-electron chi connectivity index (χ2n) is 3.81. The predicted molar refractivity (Wildman–Crippen MR) is 57.1 cm³/mol. The molecular formula is C9H19NO3S. The third-order valence-electron chi connectivity index (χ3n) is 1.68. The number of carbonyl (C=O) groups is 1. The van der Waals surface area contributed by atoms with Crippen LogP contribution in [0, 0.1) is 0 Å². The molecule has 0 rings (SSSR count). The lowest BCUT2D eigenvalue weighted by Gasteiger charge is -2.06. The van der Waals surface area contributed by atoms with E-state index in [1.807, 2.05) is 13.8 Å². The van der Waals surface area contributed by atoms with Gasteiger partial charge in [0.05, 0.1) is 12.3 Å². The van der Waals surface area contributed by atoms with Gasteiger partial charge in [0.25, 0.3) is 0 Å². The molecule has 0 radical (unpaired) electrons. The first kappa shape index (κ1) is 13.6. The first-order valence-corrected chi connectivity index (χ1v) is 6.80. The van der Waals surface area contributed by atoms with Gasteiger partial charge in [-0.1, -0.05) is 13.8 Å². The van der Waals surface area contributed by atoms with Gasteiger partial charge in [0.1, 0.15) is 15.6 Å². The summed E-state index contributed by atoms with van der Waals surface area (Å²) < 4.78 is 21.5. The lowest BCUT2D eigenvalue weighted by atomic mass is 10.2. The molecule has 14 heavy (non-hydrogen) atoms. The Kier molecular flexibility index (Phi) is 5.95. The summed E-state index contributed by atoms with van der Waals surface area (Å²) in [6.45, 7) is 4.26. The van der Waals surface area contributed by atoms with Crippen molar-refractivity contribution >= 4 is 15.6 Å². The Hall–Kier alpha value is -0.420. The number of Topliss-reactive ketones (excluding diaryl/α,β-unsaturated/α-hetero) is 1. The van der Waals surface area contributed by atoms with Crippen LogP contribution in [0.5, 0.6) is 0 Å². The molecule has 0 spiro atoms. The van der Waals surface area contributed by atoms with E-state index < -0.39 is 9.84 Å². The van der Waals surface area contributed by atoms with Gasteiger partial charge in [-0.25, -0.2) is 8.42 Å². The van der Waals surface area contributed by atoms with E-state index in [9.17, 15) is 13.2 Å². The molecule has 0 aliphatic rings. The average molecular weight is 221 g/mol. The SMILES string of the molecule is CC(C)NCC(=O)CCCS(C)(=O)=O. The van der Waals surface area contributed by atoms with Crippen LogP contribution in [0.1, 0.15) is 26.7 Å². The first-order chi connectivity index (χ1) is 6.31. The van der Waals surface area contributed by atoms with Crippen LogP contribution < -0.4 is 5.32 Å². The summed E-state index contributed by atoms with van der Waals surface area (Å²) >= 11 is 0. The molecule has 0 saturated heterocycles. The van der Waals surface area contributed by atoms with Crippen molar-refractivity contribution in [2.75, 3.05) is 18.6 Å². The van der Waals surface area contributed by atoms with E-state index in [4.69, 9.17) is 0 Å². The van der Waals surface area contributed by atoms with Gasteiger partial charge < -0.3 is 5.32 Å². The molecule has 0 atom stereocenters. The van der Waals surface area contributed by atoms with Gasteiger partial charge in [-0.05, 0) is 6.42 Å². The highest BCUT2D eigenvalue weighted by Crippen LogP contribution is 1.95. The summed E-state index contributed by atoms with van der Waals surface area (Å²) in [5.41, 5.74) is 0. The quantitative estimate of drug-likeness (QED) is 0.675. The van der Waals surface area contributed by atoms with Crippen LogP contribution in [0.3, 0.4) is 0 Å². The minimum Gasteiger partial charge on any atom is -0.308 e. The van der Waals surface area contributed by atoms with Crippen LogP contribution in [0.25, 0.3) is 0 Å². The molecule has 0 saturated carbocycles. The van der Waals surface area contributed by atoms with Gasteiger partial charge in [-0.3, -0.25) is 4.79 Å². The maximum absolute atomic E-state index is 11.2. The summed E-state index contributed by atoms with van der Waals surface area (Å²) in [6.07, 6.45) is 1.95. The highest BCUT2D eigenvalue weighted by molar-refractivity contribution is 7.90. The Balaban J connectivity index is 3.55. The fourth-order valence-corrected chi connectivity index (χ4v) is 1.61. The largest absolute Gasteiger partial charge is 0.308 e. The summed E-state index contributed by atoms with van der Waals surface area (Å²) in [5.74, 6) is 0.169. The molecule has 0 fully saturated rings. The second kappa shape index (κ2) is 6.14. The second-order valence-corrected chi connectivity index (χ2v) is 6.07. The van der Waals surface area contributed by atoms with E-state index in [1.165, 1.54) is 6.26 Å². The Morgan fingerprint density at radius 2 is 1.93 bits per heavy atom. The van der Waals surface area contributed by atoms with Crippen LogP contribution in [0.15, 0.2) is 0 Å². The van der Waals surface area contributed by atoms with E-state index in [0.29, 0.717) is 19.4 Å². The van der Waals surface area contributed by atoms with E-state index in [-0.39, 0.29) is 17.6 Å². The number of ketones is 1. The third-order valence-corrected chi connectivity index (χ3v) is 2.71. The zero-order valence-corrected chi connectivity index (χ0v) is 9.86. The highest BCUT2D eigenvalue weighted by atomic mass is 32.2. The van der Waals surface area contributed by atoms with Crippen LogP contribution in [0.4, 0.5) is 0 Å². The Labute approximate surface area is 86.0 Å². The summed E-state index contributed by atoms with van der Waals surface area (Å²) in [6, 6.07) is 0.286. The zero-order valence-electron chi connectivity index (χ0n) is 9.04. The zero-order chi connectivity index (χ0) is 11.2. The normalized spacial score (nSPS) is 12.0. The van der Waals surface area contributed by atoms with Gasteiger partial charge in [0, 0.05) is 18.7 Å². The van der Waals surface area contributed by atoms with Gasteiger partial charge in [0.2, 0.25) is 0 Å². The fraction of sp³-hybridized carbons (Fsp3) is 0.889. The van der Waals surface area contributed by atoms with E-state index >= 15 is 0 Å². The topological polar surface area (TPSA) is 63.2 Å². The molecule has 0 amide bonds. The van der Waals surface area contributed by atoms with E-state index in [2.05, 4.69) is 5.32 Å². The Morgan fingerprint density at radius 3 is 2.36 bits per heavy atom. The monoisotopic (exact) mass is 221 g/mol. The molecule has 0 aliphatic heterocycles. The molecular weight excluding hydrogens is 202 g/mol. The highest BCUT2D eigenvalue weighted by Gasteiger charge is 2.06. The molecule has 5 heteroatoms. The number of carbonyl (C=O) groups excluding carboxylic acids is 1. The van der Waals surface area contributed by atoms with Crippen LogP contribution in [-0.4, -0.2) is 38.8 Å². The minimum atomic E-state index is -2.92. The van der Waals surface area contributed by atoms with E-state index in [1.54, 1.807) is 0 Å². The number of hydrogen-bond donors (Lipinski definition) is 1. The molecule has 0 aromatic carbocycles. The molecule has 0 aromatic rings. The number of rotatable bonds is 7. The smallest absolute Gasteiger partial charge is 0.147 e.